The van der Waals surface area contributed by atoms with Crippen LogP contribution in [0.25, 0.3) is 5.69 Å². The smallest absolute Gasteiger partial charge is 0.254 e. The summed E-state index contributed by atoms with van der Waals surface area (Å²) >= 11 is 5.88. The Kier molecular flexibility index (Phi) is 5.40. The van der Waals surface area contributed by atoms with Gasteiger partial charge >= 0.3 is 0 Å². The number of carbonyl (C=O) groups excluding carboxylic acids is 1. The highest BCUT2D eigenvalue weighted by molar-refractivity contribution is 7.89. The van der Waals surface area contributed by atoms with E-state index in [9.17, 15) is 13.2 Å². The van der Waals surface area contributed by atoms with Crippen molar-refractivity contribution in [1.82, 2.24) is 19.8 Å². The van der Waals surface area contributed by atoms with Gasteiger partial charge in [-0.05, 0) is 54.8 Å². The summed E-state index contributed by atoms with van der Waals surface area (Å²) in [5.41, 5.74) is 2.02. The Labute approximate surface area is 173 Å². The van der Waals surface area contributed by atoms with Crippen molar-refractivity contribution in [2.45, 2.75) is 30.3 Å². The molecule has 1 aliphatic rings. The van der Waals surface area contributed by atoms with Crippen LogP contribution in [0, 0.1) is 0 Å². The molecular weight excluding hydrogens is 412 g/mol. The van der Waals surface area contributed by atoms with Gasteiger partial charge < -0.3 is 5.32 Å². The maximum absolute atomic E-state index is 12.4. The molecule has 2 aromatic carbocycles. The van der Waals surface area contributed by atoms with Crippen LogP contribution in [0.1, 0.15) is 28.8 Å². The summed E-state index contributed by atoms with van der Waals surface area (Å²) in [5.74, 6) is -0.266. The fourth-order valence-corrected chi connectivity index (χ4v) is 4.17. The Balaban J connectivity index is 1.36. The number of amides is 1. The second-order valence-corrected chi connectivity index (χ2v) is 9.02. The Bertz CT molecular complexity index is 1120. The van der Waals surface area contributed by atoms with Gasteiger partial charge in [0.25, 0.3) is 5.91 Å². The number of aromatic nitrogens is 2. The minimum absolute atomic E-state index is 0.0627. The number of rotatable bonds is 7. The van der Waals surface area contributed by atoms with Gasteiger partial charge in [-0.25, -0.2) is 17.8 Å². The summed E-state index contributed by atoms with van der Waals surface area (Å²) in [6, 6.07) is 13.7. The van der Waals surface area contributed by atoms with Gasteiger partial charge in [0.1, 0.15) is 0 Å². The largest absolute Gasteiger partial charge is 0.348 e. The molecule has 4 rings (SSSR count). The van der Waals surface area contributed by atoms with Crippen LogP contribution in [-0.2, 0) is 16.6 Å². The van der Waals surface area contributed by atoms with Crippen molar-refractivity contribution in [3.8, 4) is 5.69 Å². The summed E-state index contributed by atoms with van der Waals surface area (Å²) in [7, 11) is -3.47. The van der Waals surface area contributed by atoms with E-state index >= 15 is 0 Å². The molecule has 7 nitrogen and oxygen atoms in total. The number of halogens is 1. The zero-order valence-corrected chi connectivity index (χ0v) is 16.9. The third-order valence-corrected chi connectivity index (χ3v) is 6.31. The van der Waals surface area contributed by atoms with Crippen molar-refractivity contribution in [3.63, 3.8) is 0 Å². The average Bonchev–Trinajstić information content (AvgIpc) is 3.37. The number of nitrogens with one attached hydrogen (secondary N) is 2. The monoisotopic (exact) mass is 430 g/mol. The van der Waals surface area contributed by atoms with Crippen LogP contribution >= 0.6 is 11.6 Å². The van der Waals surface area contributed by atoms with Crippen LogP contribution in [0.15, 0.2) is 65.8 Å². The highest BCUT2D eigenvalue weighted by atomic mass is 35.5. The van der Waals surface area contributed by atoms with Gasteiger partial charge in [0.05, 0.1) is 22.3 Å². The first-order valence-corrected chi connectivity index (χ1v) is 11.0. The number of sulfonamides is 1. The van der Waals surface area contributed by atoms with Crippen molar-refractivity contribution in [2.75, 3.05) is 0 Å². The first-order valence-electron chi connectivity index (χ1n) is 9.11. The molecule has 1 heterocycles. The first kappa shape index (κ1) is 19.6. The van der Waals surface area contributed by atoms with Crippen LogP contribution in [0.5, 0.6) is 0 Å². The second kappa shape index (κ2) is 7.98. The molecular formula is C20H19ClN4O3S. The van der Waals surface area contributed by atoms with Crippen molar-refractivity contribution >= 4 is 27.5 Å². The lowest BCUT2D eigenvalue weighted by atomic mass is 10.2. The normalized spacial score (nSPS) is 14.0. The maximum atomic E-state index is 12.4. The Morgan fingerprint density at radius 2 is 1.79 bits per heavy atom. The summed E-state index contributed by atoms with van der Waals surface area (Å²) in [6.07, 6.45) is 4.90. The number of hydrogen-bond donors (Lipinski definition) is 2. The average molecular weight is 431 g/mol. The van der Waals surface area contributed by atoms with Crippen molar-refractivity contribution in [1.29, 1.82) is 0 Å². The SMILES string of the molecule is O=C(NCc1ccc(S(=O)(=O)NC2CC2)cc1)c1cnn(-c2ccc(Cl)cc2)c1. The fourth-order valence-electron chi connectivity index (χ4n) is 2.73. The number of nitrogens with zero attached hydrogens (tertiary/aromatic N) is 2. The van der Waals surface area contributed by atoms with E-state index in [1.807, 2.05) is 12.1 Å². The van der Waals surface area contributed by atoms with E-state index in [1.54, 1.807) is 47.3 Å². The van der Waals surface area contributed by atoms with E-state index in [4.69, 9.17) is 11.6 Å². The maximum Gasteiger partial charge on any atom is 0.254 e. The molecule has 150 valence electrons. The third-order valence-electron chi connectivity index (χ3n) is 4.52. The van der Waals surface area contributed by atoms with Crippen LogP contribution in [0.2, 0.25) is 5.02 Å². The summed E-state index contributed by atoms with van der Waals surface area (Å²) in [6.45, 7) is 0.279. The zero-order valence-electron chi connectivity index (χ0n) is 15.4. The molecule has 0 aliphatic heterocycles. The number of benzene rings is 2. The van der Waals surface area contributed by atoms with E-state index in [1.165, 1.54) is 6.20 Å². The molecule has 9 heteroatoms. The first-order chi connectivity index (χ1) is 13.9. The number of carbonyl (C=O) groups is 1. The fraction of sp³-hybridized carbons (Fsp3) is 0.200. The van der Waals surface area contributed by atoms with Gasteiger partial charge in [-0.1, -0.05) is 23.7 Å². The molecule has 1 amide bonds. The van der Waals surface area contributed by atoms with E-state index in [-0.39, 0.29) is 23.4 Å². The molecule has 0 saturated heterocycles. The lowest BCUT2D eigenvalue weighted by Crippen LogP contribution is -2.26. The quantitative estimate of drug-likeness (QED) is 0.602. The third kappa shape index (κ3) is 4.84. The second-order valence-electron chi connectivity index (χ2n) is 6.87. The molecule has 0 radical (unpaired) electrons. The molecule has 1 fully saturated rings. The number of hydrogen-bond acceptors (Lipinski definition) is 4. The topological polar surface area (TPSA) is 93.1 Å². The van der Waals surface area contributed by atoms with E-state index in [0.717, 1.165) is 24.1 Å². The molecule has 3 aromatic rings. The molecule has 0 atom stereocenters. The Morgan fingerprint density at radius 3 is 2.45 bits per heavy atom. The van der Waals surface area contributed by atoms with Gasteiger partial charge in [0.15, 0.2) is 0 Å². The van der Waals surface area contributed by atoms with Crippen LogP contribution in [0.3, 0.4) is 0 Å². The molecule has 1 saturated carbocycles. The van der Waals surface area contributed by atoms with Gasteiger partial charge in [-0.15, -0.1) is 0 Å². The molecule has 29 heavy (non-hydrogen) atoms. The Morgan fingerprint density at radius 1 is 1.10 bits per heavy atom. The van der Waals surface area contributed by atoms with Crippen molar-refractivity contribution < 1.29 is 13.2 Å². The van der Waals surface area contributed by atoms with Gasteiger partial charge in [-0.2, -0.15) is 5.10 Å². The van der Waals surface area contributed by atoms with Gasteiger partial charge in [0, 0.05) is 23.8 Å². The molecule has 0 unspecified atom stereocenters. The lowest BCUT2D eigenvalue weighted by Gasteiger charge is -2.07. The standard InChI is InChI=1S/C20H19ClN4O3S/c21-16-3-7-18(8-4-16)25-13-15(12-23-25)20(26)22-11-14-1-9-19(10-2-14)29(27,28)24-17-5-6-17/h1-4,7-10,12-13,17,24H,5-6,11H2,(H,22,26). The summed E-state index contributed by atoms with van der Waals surface area (Å²) in [5, 5.41) is 7.64. The lowest BCUT2D eigenvalue weighted by molar-refractivity contribution is 0.0951. The predicted octanol–water partition coefficient (Wildman–Crippen LogP) is 2.90. The molecule has 0 bridgehead atoms. The minimum atomic E-state index is -3.47. The zero-order chi connectivity index (χ0) is 20.4. The van der Waals surface area contributed by atoms with Crippen LogP contribution in [-0.4, -0.2) is 30.1 Å². The molecule has 1 aliphatic carbocycles. The van der Waals surface area contributed by atoms with E-state index in [2.05, 4.69) is 15.1 Å². The van der Waals surface area contributed by atoms with E-state index < -0.39 is 10.0 Å². The van der Waals surface area contributed by atoms with Crippen molar-refractivity contribution in [3.05, 3.63) is 77.1 Å². The summed E-state index contributed by atoms with van der Waals surface area (Å²) < 4.78 is 28.6. The molecule has 1 aromatic heterocycles. The highest BCUT2D eigenvalue weighted by Gasteiger charge is 2.27. The Hall–Kier alpha value is -2.68. The van der Waals surface area contributed by atoms with Gasteiger partial charge in [0.2, 0.25) is 10.0 Å². The molecule has 0 spiro atoms. The minimum Gasteiger partial charge on any atom is -0.348 e. The summed E-state index contributed by atoms with van der Waals surface area (Å²) in [4.78, 5) is 12.6. The van der Waals surface area contributed by atoms with Crippen LogP contribution < -0.4 is 10.0 Å². The predicted molar refractivity (Wildman–Crippen MR) is 110 cm³/mol. The van der Waals surface area contributed by atoms with Gasteiger partial charge in [-0.3, -0.25) is 4.79 Å². The van der Waals surface area contributed by atoms with E-state index in [0.29, 0.717) is 10.6 Å². The molecule has 2 N–H and O–H groups in total. The van der Waals surface area contributed by atoms with Crippen LogP contribution in [0.4, 0.5) is 0 Å². The van der Waals surface area contributed by atoms with Crippen molar-refractivity contribution in [2.24, 2.45) is 0 Å². The highest BCUT2D eigenvalue weighted by Crippen LogP contribution is 2.22.